The van der Waals surface area contributed by atoms with Crippen molar-refractivity contribution in [3.63, 3.8) is 0 Å². The fraction of sp³-hybridized carbons (Fsp3) is 0.286. The SMILES string of the molecule is Fc1cc(CCBr)ccn1. The van der Waals surface area contributed by atoms with Crippen LogP contribution < -0.4 is 0 Å². The summed E-state index contributed by atoms with van der Waals surface area (Å²) in [5.41, 5.74) is 0.976. The van der Waals surface area contributed by atoms with Gasteiger partial charge in [0, 0.05) is 11.5 Å². The quantitative estimate of drug-likeness (QED) is 0.531. The molecule has 1 rings (SSSR count). The number of aryl methyl sites for hydroxylation is 1. The summed E-state index contributed by atoms with van der Waals surface area (Å²) in [6.45, 7) is 0. The Morgan fingerprint density at radius 1 is 1.60 bits per heavy atom. The predicted octanol–water partition coefficient (Wildman–Crippen LogP) is 2.16. The summed E-state index contributed by atoms with van der Waals surface area (Å²) in [5, 5.41) is 0.858. The second-order valence-electron chi connectivity index (χ2n) is 1.93. The maximum atomic E-state index is 12.4. The highest BCUT2D eigenvalue weighted by molar-refractivity contribution is 9.09. The van der Waals surface area contributed by atoms with Crippen molar-refractivity contribution in [3.05, 3.63) is 29.8 Å². The number of hydrogen-bond acceptors (Lipinski definition) is 1. The van der Waals surface area contributed by atoms with Crippen molar-refractivity contribution in [3.8, 4) is 0 Å². The molecule has 0 N–H and O–H groups in total. The molecule has 1 aromatic heterocycles. The lowest BCUT2D eigenvalue weighted by atomic mass is 10.2. The van der Waals surface area contributed by atoms with E-state index in [4.69, 9.17) is 0 Å². The van der Waals surface area contributed by atoms with Crippen LogP contribution in [0.4, 0.5) is 4.39 Å². The Bertz CT molecular complexity index is 215. The summed E-state index contributed by atoms with van der Waals surface area (Å²) in [6.07, 6.45) is 2.33. The minimum atomic E-state index is -0.404. The molecule has 0 atom stereocenters. The van der Waals surface area contributed by atoms with E-state index < -0.39 is 5.95 Å². The van der Waals surface area contributed by atoms with Gasteiger partial charge in [0.05, 0.1) is 0 Å². The number of hydrogen-bond donors (Lipinski definition) is 0. The first kappa shape index (κ1) is 7.66. The van der Waals surface area contributed by atoms with Crippen molar-refractivity contribution >= 4 is 15.9 Å². The van der Waals surface area contributed by atoms with Gasteiger partial charge in [0.15, 0.2) is 0 Å². The van der Waals surface area contributed by atoms with Crippen molar-refractivity contribution in [1.82, 2.24) is 4.98 Å². The van der Waals surface area contributed by atoms with Gasteiger partial charge in [0.25, 0.3) is 0 Å². The Kier molecular flexibility index (Phi) is 2.81. The zero-order valence-electron chi connectivity index (χ0n) is 5.35. The van der Waals surface area contributed by atoms with E-state index in [9.17, 15) is 4.39 Å². The molecule has 0 saturated carbocycles. The molecular formula is C7H7BrFN. The van der Waals surface area contributed by atoms with Crippen molar-refractivity contribution in [2.45, 2.75) is 6.42 Å². The zero-order valence-corrected chi connectivity index (χ0v) is 6.94. The molecule has 0 aliphatic carbocycles. The van der Waals surface area contributed by atoms with Crippen LogP contribution in [-0.2, 0) is 6.42 Å². The molecule has 0 aliphatic heterocycles. The van der Waals surface area contributed by atoms with Crippen LogP contribution >= 0.6 is 15.9 Å². The van der Waals surface area contributed by atoms with E-state index in [-0.39, 0.29) is 0 Å². The second-order valence-corrected chi connectivity index (χ2v) is 2.72. The van der Waals surface area contributed by atoms with Crippen LogP contribution in [0.5, 0.6) is 0 Å². The highest BCUT2D eigenvalue weighted by Crippen LogP contribution is 2.02. The third-order valence-electron chi connectivity index (χ3n) is 1.17. The zero-order chi connectivity index (χ0) is 7.40. The van der Waals surface area contributed by atoms with Crippen molar-refractivity contribution < 1.29 is 4.39 Å². The van der Waals surface area contributed by atoms with Crippen molar-refractivity contribution in [2.24, 2.45) is 0 Å². The number of alkyl halides is 1. The molecule has 54 valence electrons. The van der Waals surface area contributed by atoms with Gasteiger partial charge in [-0.1, -0.05) is 15.9 Å². The van der Waals surface area contributed by atoms with Crippen molar-refractivity contribution in [1.29, 1.82) is 0 Å². The Labute approximate surface area is 67.4 Å². The standard InChI is InChI=1S/C7H7BrFN/c8-3-1-6-2-4-10-7(9)5-6/h2,4-5H,1,3H2. The first-order valence-corrected chi connectivity index (χ1v) is 4.11. The molecule has 0 fully saturated rings. The highest BCUT2D eigenvalue weighted by Gasteiger charge is 1.93. The monoisotopic (exact) mass is 203 g/mol. The third kappa shape index (κ3) is 2.06. The molecule has 0 radical (unpaired) electrons. The number of nitrogens with zero attached hydrogens (tertiary/aromatic N) is 1. The summed E-state index contributed by atoms with van der Waals surface area (Å²) in [4.78, 5) is 3.44. The van der Waals surface area contributed by atoms with Crippen LogP contribution in [0.3, 0.4) is 0 Å². The normalized spacial score (nSPS) is 9.80. The van der Waals surface area contributed by atoms with E-state index in [2.05, 4.69) is 20.9 Å². The van der Waals surface area contributed by atoms with Gasteiger partial charge in [-0.05, 0) is 24.1 Å². The largest absolute Gasteiger partial charge is 0.228 e. The van der Waals surface area contributed by atoms with E-state index in [1.165, 1.54) is 12.3 Å². The molecule has 3 heteroatoms. The molecule has 0 saturated heterocycles. The lowest BCUT2D eigenvalue weighted by Gasteiger charge is -1.94. The molecule has 1 nitrogen and oxygen atoms in total. The number of pyridine rings is 1. The van der Waals surface area contributed by atoms with Gasteiger partial charge in [-0.25, -0.2) is 4.98 Å². The molecule has 0 spiro atoms. The summed E-state index contributed by atoms with van der Waals surface area (Å²) in [6, 6.07) is 3.26. The second kappa shape index (κ2) is 3.66. The van der Waals surface area contributed by atoms with Gasteiger partial charge in [0.1, 0.15) is 0 Å². The first-order chi connectivity index (χ1) is 4.83. The molecule has 1 heterocycles. The summed E-state index contributed by atoms with van der Waals surface area (Å²) < 4.78 is 12.4. The summed E-state index contributed by atoms with van der Waals surface area (Å²) in [7, 11) is 0. The Morgan fingerprint density at radius 3 is 3.00 bits per heavy atom. The van der Waals surface area contributed by atoms with Gasteiger partial charge in [0.2, 0.25) is 5.95 Å². The van der Waals surface area contributed by atoms with Gasteiger partial charge in [-0.15, -0.1) is 0 Å². The molecule has 0 unspecified atom stereocenters. The Balaban J connectivity index is 2.75. The average molecular weight is 204 g/mol. The highest BCUT2D eigenvalue weighted by atomic mass is 79.9. The minimum Gasteiger partial charge on any atom is -0.228 e. The van der Waals surface area contributed by atoms with Gasteiger partial charge in [-0.3, -0.25) is 0 Å². The van der Waals surface area contributed by atoms with E-state index in [1.807, 2.05) is 6.07 Å². The van der Waals surface area contributed by atoms with Gasteiger partial charge >= 0.3 is 0 Å². The van der Waals surface area contributed by atoms with E-state index in [0.717, 1.165) is 17.3 Å². The molecule has 0 amide bonds. The van der Waals surface area contributed by atoms with E-state index in [1.54, 1.807) is 0 Å². The maximum Gasteiger partial charge on any atom is 0.213 e. The fourth-order valence-electron chi connectivity index (χ4n) is 0.707. The fourth-order valence-corrected chi connectivity index (χ4v) is 1.17. The third-order valence-corrected chi connectivity index (χ3v) is 1.57. The molecule has 10 heavy (non-hydrogen) atoms. The van der Waals surface area contributed by atoms with Crippen LogP contribution in [0.2, 0.25) is 0 Å². The van der Waals surface area contributed by atoms with E-state index in [0.29, 0.717) is 0 Å². The van der Waals surface area contributed by atoms with Crippen molar-refractivity contribution in [2.75, 3.05) is 5.33 Å². The number of aromatic nitrogens is 1. The van der Waals surface area contributed by atoms with Gasteiger partial charge < -0.3 is 0 Å². The van der Waals surface area contributed by atoms with E-state index >= 15 is 0 Å². The average Bonchev–Trinajstić information content (AvgIpc) is 1.88. The molecule has 0 aliphatic rings. The van der Waals surface area contributed by atoms with Crippen LogP contribution in [0.25, 0.3) is 0 Å². The summed E-state index contributed by atoms with van der Waals surface area (Å²) in [5.74, 6) is -0.404. The minimum absolute atomic E-state index is 0.404. The molecule has 0 bridgehead atoms. The Morgan fingerprint density at radius 2 is 2.40 bits per heavy atom. The lowest BCUT2D eigenvalue weighted by Crippen LogP contribution is -1.88. The lowest BCUT2D eigenvalue weighted by molar-refractivity contribution is 0.581. The molecule has 0 aromatic carbocycles. The maximum absolute atomic E-state index is 12.4. The summed E-state index contributed by atoms with van der Waals surface area (Å²) >= 11 is 3.27. The van der Waals surface area contributed by atoms with Crippen LogP contribution in [0, 0.1) is 5.95 Å². The predicted molar refractivity (Wildman–Crippen MR) is 41.7 cm³/mol. The smallest absolute Gasteiger partial charge is 0.213 e. The first-order valence-electron chi connectivity index (χ1n) is 2.99. The number of rotatable bonds is 2. The molecular weight excluding hydrogens is 197 g/mol. The molecule has 1 aromatic rings. The van der Waals surface area contributed by atoms with Gasteiger partial charge in [-0.2, -0.15) is 4.39 Å². The van der Waals surface area contributed by atoms with Crippen LogP contribution in [0.1, 0.15) is 5.56 Å². The van der Waals surface area contributed by atoms with Crippen LogP contribution in [-0.4, -0.2) is 10.3 Å². The van der Waals surface area contributed by atoms with Crippen LogP contribution in [0.15, 0.2) is 18.3 Å². The Hall–Kier alpha value is -0.440. The number of halogens is 2. The topological polar surface area (TPSA) is 12.9 Å².